The number of nitrogens with one attached hydrogen (secondary N) is 1. The molecule has 102 valence electrons. The van der Waals surface area contributed by atoms with Crippen LogP contribution < -0.4 is 10.2 Å². The van der Waals surface area contributed by atoms with Gasteiger partial charge in [0.15, 0.2) is 0 Å². The monoisotopic (exact) mass is 267 g/mol. The van der Waals surface area contributed by atoms with Crippen molar-refractivity contribution in [2.24, 2.45) is 0 Å². The molecule has 0 saturated carbocycles. The second-order valence-electron chi connectivity index (χ2n) is 4.32. The van der Waals surface area contributed by atoms with Crippen molar-refractivity contribution in [1.82, 2.24) is 9.97 Å². The molecule has 2 rings (SSSR count). The molecule has 0 unspecified atom stereocenters. The number of rotatable bonds is 4. The second kappa shape index (κ2) is 6.02. The lowest BCUT2D eigenvalue weighted by Crippen LogP contribution is -2.14. The van der Waals surface area contributed by atoms with Crippen LogP contribution in [0.4, 0.5) is 17.3 Å². The van der Waals surface area contributed by atoms with E-state index in [1.54, 1.807) is 6.07 Å². The average molecular weight is 267 g/mol. The first-order chi connectivity index (χ1) is 9.69. The first-order valence-electron chi connectivity index (χ1n) is 6.48. The molecule has 0 atom stereocenters. The fourth-order valence-corrected chi connectivity index (χ4v) is 1.93. The van der Waals surface area contributed by atoms with Crippen LogP contribution in [-0.2, 0) is 6.42 Å². The Labute approximate surface area is 118 Å². The Morgan fingerprint density at radius 3 is 2.70 bits per heavy atom. The number of aryl methyl sites for hydroxylation is 1. The van der Waals surface area contributed by atoms with Gasteiger partial charge in [-0.2, -0.15) is 5.26 Å². The topological polar surface area (TPSA) is 64.8 Å². The third-order valence-corrected chi connectivity index (χ3v) is 3.06. The summed E-state index contributed by atoms with van der Waals surface area (Å²) in [5.74, 6) is 2.31. The predicted octanol–water partition coefficient (Wildman–Crippen LogP) is 2.72. The van der Waals surface area contributed by atoms with Gasteiger partial charge in [-0.1, -0.05) is 19.1 Å². The minimum Gasteiger partial charge on any atom is -0.373 e. The third kappa shape index (κ3) is 2.69. The van der Waals surface area contributed by atoms with Gasteiger partial charge in [-0.15, -0.1) is 0 Å². The molecule has 1 N–H and O–H groups in total. The van der Waals surface area contributed by atoms with Crippen LogP contribution in [0.25, 0.3) is 0 Å². The third-order valence-electron chi connectivity index (χ3n) is 3.06. The maximum atomic E-state index is 9.19. The van der Waals surface area contributed by atoms with E-state index >= 15 is 0 Å². The molecule has 0 aliphatic carbocycles. The first-order valence-corrected chi connectivity index (χ1v) is 6.48. The van der Waals surface area contributed by atoms with Crippen molar-refractivity contribution in [3.05, 3.63) is 41.7 Å². The van der Waals surface area contributed by atoms with E-state index in [0.717, 1.165) is 29.6 Å². The number of nitriles is 1. The number of nitrogens with zero attached hydrogens (tertiary/aromatic N) is 4. The Morgan fingerprint density at radius 2 is 2.05 bits per heavy atom. The van der Waals surface area contributed by atoms with Gasteiger partial charge in [-0.25, -0.2) is 9.97 Å². The van der Waals surface area contributed by atoms with Crippen LogP contribution in [0.2, 0.25) is 0 Å². The molecule has 0 aliphatic rings. The van der Waals surface area contributed by atoms with Gasteiger partial charge in [-0.05, 0) is 12.1 Å². The van der Waals surface area contributed by atoms with E-state index in [1.165, 1.54) is 0 Å². The van der Waals surface area contributed by atoms with Crippen molar-refractivity contribution in [2.45, 2.75) is 13.3 Å². The van der Waals surface area contributed by atoms with Crippen LogP contribution in [0.5, 0.6) is 0 Å². The number of benzene rings is 1. The minimum atomic E-state index is 0.623. The lowest BCUT2D eigenvalue weighted by molar-refractivity contribution is 0.927. The van der Waals surface area contributed by atoms with Gasteiger partial charge in [0, 0.05) is 26.6 Å². The highest BCUT2D eigenvalue weighted by Crippen LogP contribution is 2.26. The lowest BCUT2D eigenvalue weighted by Gasteiger charge is -2.20. The summed E-state index contributed by atoms with van der Waals surface area (Å²) in [6, 6.07) is 11.5. The molecule has 0 spiro atoms. The van der Waals surface area contributed by atoms with Crippen molar-refractivity contribution in [2.75, 3.05) is 24.3 Å². The van der Waals surface area contributed by atoms with Crippen molar-refractivity contribution in [3.8, 4) is 6.07 Å². The van der Waals surface area contributed by atoms with Gasteiger partial charge in [0.25, 0.3) is 0 Å². The Morgan fingerprint density at radius 1 is 1.30 bits per heavy atom. The molecule has 0 fully saturated rings. The largest absolute Gasteiger partial charge is 0.373 e. The molecule has 1 aromatic heterocycles. The predicted molar refractivity (Wildman–Crippen MR) is 80.2 cm³/mol. The molecule has 0 saturated heterocycles. The summed E-state index contributed by atoms with van der Waals surface area (Å²) in [5, 5.41) is 12.2. The van der Waals surface area contributed by atoms with E-state index in [1.807, 2.05) is 50.2 Å². The number of hydrogen-bond donors (Lipinski definition) is 1. The average Bonchev–Trinajstić information content (AvgIpc) is 2.53. The van der Waals surface area contributed by atoms with Crippen molar-refractivity contribution >= 4 is 17.3 Å². The molecule has 5 heteroatoms. The second-order valence-corrected chi connectivity index (χ2v) is 4.32. The van der Waals surface area contributed by atoms with E-state index < -0.39 is 0 Å². The quantitative estimate of drug-likeness (QED) is 0.922. The van der Waals surface area contributed by atoms with E-state index in [4.69, 9.17) is 0 Å². The maximum absolute atomic E-state index is 9.19. The van der Waals surface area contributed by atoms with Gasteiger partial charge in [0.1, 0.15) is 23.5 Å². The fourth-order valence-electron chi connectivity index (χ4n) is 1.93. The number of anilines is 3. The van der Waals surface area contributed by atoms with Gasteiger partial charge < -0.3 is 10.2 Å². The molecule has 2 aromatic rings. The highest BCUT2D eigenvalue weighted by molar-refractivity contribution is 5.67. The van der Waals surface area contributed by atoms with Gasteiger partial charge in [0.2, 0.25) is 0 Å². The molecule has 1 heterocycles. The zero-order valence-electron chi connectivity index (χ0n) is 11.9. The van der Waals surface area contributed by atoms with Crippen LogP contribution in [0.3, 0.4) is 0 Å². The SMILES string of the molecule is CCc1nc(NC)cc(N(C)c2ccccc2C#N)n1. The van der Waals surface area contributed by atoms with Crippen LogP contribution in [-0.4, -0.2) is 24.1 Å². The highest BCUT2D eigenvalue weighted by atomic mass is 15.2. The molecule has 0 bridgehead atoms. The van der Waals surface area contributed by atoms with E-state index in [0.29, 0.717) is 5.56 Å². The van der Waals surface area contributed by atoms with E-state index in [9.17, 15) is 5.26 Å². The molecule has 5 nitrogen and oxygen atoms in total. The number of aromatic nitrogens is 2. The summed E-state index contributed by atoms with van der Waals surface area (Å²) in [7, 11) is 3.73. The maximum Gasteiger partial charge on any atom is 0.138 e. The summed E-state index contributed by atoms with van der Waals surface area (Å²) in [6.07, 6.45) is 0.760. The molecule has 0 aliphatic heterocycles. The zero-order chi connectivity index (χ0) is 14.5. The van der Waals surface area contributed by atoms with Gasteiger partial charge in [0.05, 0.1) is 11.3 Å². The standard InChI is InChI=1S/C15H17N5/c1-4-13-18-14(17-2)9-15(19-13)20(3)12-8-6-5-7-11(12)10-16/h5-9H,4H2,1-3H3,(H,17,18,19). The Balaban J connectivity index is 2.47. The molecule has 0 amide bonds. The lowest BCUT2D eigenvalue weighted by atomic mass is 10.2. The summed E-state index contributed by atoms with van der Waals surface area (Å²) in [4.78, 5) is 10.8. The van der Waals surface area contributed by atoms with E-state index in [2.05, 4.69) is 21.4 Å². The van der Waals surface area contributed by atoms with Crippen LogP contribution in [0.15, 0.2) is 30.3 Å². The molecule has 0 radical (unpaired) electrons. The number of hydrogen-bond acceptors (Lipinski definition) is 5. The minimum absolute atomic E-state index is 0.623. The van der Waals surface area contributed by atoms with Crippen molar-refractivity contribution < 1.29 is 0 Å². The van der Waals surface area contributed by atoms with E-state index in [-0.39, 0.29) is 0 Å². The van der Waals surface area contributed by atoms with Crippen molar-refractivity contribution in [3.63, 3.8) is 0 Å². The smallest absolute Gasteiger partial charge is 0.138 e. The summed E-state index contributed by atoms with van der Waals surface area (Å²) >= 11 is 0. The Kier molecular flexibility index (Phi) is 4.16. The zero-order valence-corrected chi connectivity index (χ0v) is 11.9. The summed E-state index contributed by atoms with van der Waals surface area (Å²) < 4.78 is 0. The first kappa shape index (κ1) is 13.8. The van der Waals surface area contributed by atoms with Gasteiger partial charge >= 0.3 is 0 Å². The fraction of sp³-hybridized carbons (Fsp3) is 0.267. The molecular weight excluding hydrogens is 250 g/mol. The molecule has 20 heavy (non-hydrogen) atoms. The number of para-hydroxylation sites is 1. The van der Waals surface area contributed by atoms with Gasteiger partial charge in [-0.3, -0.25) is 0 Å². The molecular formula is C15H17N5. The highest BCUT2D eigenvalue weighted by Gasteiger charge is 2.12. The summed E-state index contributed by atoms with van der Waals surface area (Å²) in [5.41, 5.74) is 1.45. The normalized spacial score (nSPS) is 9.90. The van der Waals surface area contributed by atoms with Crippen molar-refractivity contribution in [1.29, 1.82) is 5.26 Å². The Bertz CT molecular complexity index is 623. The van der Waals surface area contributed by atoms with Crippen LogP contribution >= 0.6 is 0 Å². The summed E-state index contributed by atoms with van der Waals surface area (Å²) in [6.45, 7) is 2.02. The Hall–Kier alpha value is -2.61. The molecule has 1 aromatic carbocycles. The van der Waals surface area contributed by atoms with Crippen LogP contribution in [0.1, 0.15) is 18.3 Å². The van der Waals surface area contributed by atoms with Crippen LogP contribution in [0, 0.1) is 11.3 Å².